The lowest BCUT2D eigenvalue weighted by molar-refractivity contribution is -0.138. The molecule has 13 nitrogen and oxygen atoms in total. The summed E-state index contributed by atoms with van der Waals surface area (Å²) in [4.78, 5) is 63.6. The second-order valence-corrected chi connectivity index (χ2v) is 12.7. The fourth-order valence-electron chi connectivity index (χ4n) is 6.04. The van der Waals surface area contributed by atoms with Crippen molar-refractivity contribution in [1.82, 2.24) is 14.7 Å². The van der Waals surface area contributed by atoms with Gasteiger partial charge in [0.2, 0.25) is 0 Å². The maximum atomic E-state index is 13.3. The number of piperidine rings is 2. The molecule has 0 aliphatic carbocycles. The first kappa shape index (κ1) is 33.9. The monoisotopic (exact) mass is 708 g/mol. The fraction of sp³-hybridized carbons (Fsp3) is 0.455. The van der Waals surface area contributed by atoms with Crippen LogP contribution in [-0.2, 0) is 27.2 Å². The maximum absolute atomic E-state index is 13.3. The van der Waals surface area contributed by atoms with Crippen LogP contribution in [0.1, 0.15) is 36.8 Å². The molecule has 3 aliphatic heterocycles. The van der Waals surface area contributed by atoms with Crippen molar-refractivity contribution in [3.05, 3.63) is 58.1 Å². The third-order valence-corrected chi connectivity index (χ3v) is 9.27. The third-order valence-electron chi connectivity index (χ3n) is 8.64. The standard InChI is InChI=1S/C33H37BrN6O7/c34-26-19-22(5-6-28(26)41)20-29(31(44)36-13-12-35-24-8-14-38(15-9-24)21-30(42)43)47-33(46)39-16-10-25(11-17-39)40-18-7-23-3-1-2-4-27(23)37-32(40)45/h1-6,19,24-25,29,41H,7-11,14-18,20-21H2,(H,37,45)(H,42,43)/t29-/m1/s1. The van der Waals surface area contributed by atoms with E-state index in [1.165, 1.54) is 11.0 Å². The Hall–Kier alpha value is -4.48. The van der Waals surface area contributed by atoms with Crippen molar-refractivity contribution in [2.45, 2.75) is 56.7 Å². The summed E-state index contributed by atoms with van der Waals surface area (Å²) >= 11 is 3.27. The maximum Gasteiger partial charge on any atom is 0.410 e. The van der Waals surface area contributed by atoms with Crippen LogP contribution < -0.4 is 5.32 Å². The first-order chi connectivity index (χ1) is 22.7. The first-order valence-electron chi connectivity index (χ1n) is 15.6. The van der Waals surface area contributed by atoms with Gasteiger partial charge < -0.3 is 30.1 Å². The van der Waals surface area contributed by atoms with E-state index in [9.17, 15) is 24.3 Å². The van der Waals surface area contributed by atoms with Gasteiger partial charge in [0.1, 0.15) is 5.75 Å². The van der Waals surface area contributed by atoms with Gasteiger partial charge in [-0.1, -0.05) is 24.3 Å². The van der Waals surface area contributed by atoms with Gasteiger partial charge in [0.25, 0.3) is 5.91 Å². The molecule has 3 aliphatic rings. The van der Waals surface area contributed by atoms with E-state index in [0.717, 1.165) is 17.7 Å². The summed E-state index contributed by atoms with van der Waals surface area (Å²) in [5, 5.41) is 21.8. The number of nitrogens with zero attached hydrogens (tertiary/aromatic N) is 5. The second kappa shape index (κ2) is 15.9. The summed E-state index contributed by atoms with van der Waals surface area (Å²) in [5.74, 6) is 3.42. The summed E-state index contributed by atoms with van der Waals surface area (Å²) in [6.45, 7) is 2.46. The van der Waals surface area contributed by atoms with Gasteiger partial charge in [0.05, 0.1) is 28.8 Å². The molecule has 14 heteroatoms. The number of phenols is 1. The van der Waals surface area contributed by atoms with Crippen LogP contribution >= 0.6 is 15.9 Å². The second-order valence-electron chi connectivity index (χ2n) is 11.8. The number of amides is 4. The average Bonchev–Trinajstić information content (AvgIpc) is 3.23. The van der Waals surface area contributed by atoms with Crippen molar-refractivity contribution >= 4 is 57.4 Å². The van der Waals surface area contributed by atoms with E-state index >= 15 is 0 Å². The average molecular weight is 710 g/mol. The van der Waals surface area contributed by atoms with Gasteiger partial charge in [-0.3, -0.25) is 14.5 Å². The first-order valence-corrected chi connectivity index (χ1v) is 16.4. The number of aromatic hydroxyl groups is 1. The third kappa shape index (κ3) is 9.30. The Morgan fingerprint density at radius 3 is 2.49 bits per heavy atom. The highest BCUT2D eigenvalue weighted by Crippen LogP contribution is 2.27. The van der Waals surface area contributed by atoms with Crippen molar-refractivity contribution in [2.75, 3.05) is 44.6 Å². The van der Waals surface area contributed by atoms with Crippen molar-refractivity contribution in [3.63, 3.8) is 0 Å². The highest BCUT2D eigenvalue weighted by molar-refractivity contribution is 9.10. The minimum absolute atomic E-state index is 0.0111. The molecule has 0 bridgehead atoms. The number of carboxylic acid groups (broad SMARTS) is 1. The zero-order valence-electron chi connectivity index (χ0n) is 25.8. The number of phenolic OH excluding ortho intramolecular Hbond substituents is 1. The van der Waals surface area contributed by atoms with E-state index in [2.05, 4.69) is 43.0 Å². The van der Waals surface area contributed by atoms with E-state index in [0.29, 0.717) is 68.4 Å². The summed E-state index contributed by atoms with van der Waals surface area (Å²) in [5.41, 5.74) is 2.54. The predicted octanol–water partition coefficient (Wildman–Crippen LogP) is 3.73. The molecule has 5 rings (SSSR count). The number of carbonyl (C=O) groups is 4. The zero-order valence-corrected chi connectivity index (χ0v) is 27.4. The number of para-hydroxylation sites is 1. The van der Waals surface area contributed by atoms with E-state index in [1.54, 1.807) is 12.1 Å². The molecular weight excluding hydrogens is 672 g/mol. The fourth-order valence-corrected chi connectivity index (χ4v) is 6.46. The number of benzene rings is 2. The number of ether oxygens (including phenoxy) is 1. The summed E-state index contributed by atoms with van der Waals surface area (Å²) in [6, 6.07) is 12.2. The minimum atomic E-state index is -1.26. The number of nitrogens with one attached hydrogen (secondary N) is 1. The van der Waals surface area contributed by atoms with Crippen LogP contribution in [0.15, 0.2) is 56.9 Å². The molecule has 0 saturated carbocycles. The molecule has 2 fully saturated rings. The van der Waals surface area contributed by atoms with Gasteiger partial charge in [-0.25, -0.2) is 14.6 Å². The summed E-state index contributed by atoms with van der Waals surface area (Å²) < 4.78 is 6.13. The van der Waals surface area contributed by atoms with E-state index < -0.39 is 24.1 Å². The number of aliphatic carboxylic acids is 1. The molecule has 4 amide bonds. The molecule has 3 heterocycles. The van der Waals surface area contributed by atoms with Crippen molar-refractivity contribution in [2.24, 2.45) is 9.98 Å². The Morgan fingerprint density at radius 2 is 1.77 bits per heavy atom. The molecule has 1 atom stereocenters. The molecule has 0 radical (unpaired) electrons. The quantitative estimate of drug-likeness (QED) is 0.349. The van der Waals surface area contributed by atoms with Crippen LogP contribution in [0.3, 0.4) is 0 Å². The van der Waals surface area contributed by atoms with E-state index in [4.69, 9.17) is 9.84 Å². The number of rotatable bonds is 8. The summed E-state index contributed by atoms with van der Waals surface area (Å²) in [6.07, 6.45) is 1.26. The van der Waals surface area contributed by atoms with Crippen molar-refractivity contribution in [1.29, 1.82) is 0 Å². The van der Waals surface area contributed by atoms with Gasteiger partial charge in [0, 0.05) is 50.9 Å². The molecule has 0 aromatic heterocycles. The van der Waals surface area contributed by atoms with Crippen LogP contribution in [0.5, 0.6) is 5.75 Å². The molecule has 2 aromatic rings. The zero-order chi connectivity index (χ0) is 33.3. The lowest BCUT2D eigenvalue weighted by Gasteiger charge is -2.37. The number of carbonyl (C=O) groups excluding carboxylic acids is 3. The van der Waals surface area contributed by atoms with Crippen LogP contribution in [0.2, 0.25) is 0 Å². The largest absolute Gasteiger partial charge is 0.507 e. The SMILES string of the molecule is O=C(O)CN1CCC(N=C=C=NC(=O)[C@@H](Cc2ccc(O)c(Br)c2)OC(=O)N2CCC(N3CCc4ccccc4NC3=O)CC2)CC1. The molecule has 47 heavy (non-hydrogen) atoms. The van der Waals surface area contributed by atoms with Gasteiger partial charge in [-0.15, -0.1) is 0 Å². The van der Waals surface area contributed by atoms with Crippen LogP contribution in [-0.4, -0.2) is 118 Å². The van der Waals surface area contributed by atoms with Gasteiger partial charge in [0.15, 0.2) is 6.10 Å². The topological polar surface area (TPSA) is 164 Å². The molecule has 2 saturated heterocycles. The number of urea groups is 1. The lowest BCUT2D eigenvalue weighted by Crippen LogP contribution is -2.50. The van der Waals surface area contributed by atoms with Crippen LogP contribution in [0.4, 0.5) is 15.3 Å². The number of carboxylic acids is 1. The molecule has 248 valence electrons. The molecule has 2 aromatic carbocycles. The van der Waals surface area contributed by atoms with Gasteiger partial charge in [-0.2, -0.15) is 4.99 Å². The van der Waals surface area contributed by atoms with Crippen LogP contribution in [0.25, 0.3) is 0 Å². The number of aliphatic imine (C=N–C) groups is 2. The molecular formula is C33H37BrN6O7. The normalized spacial score (nSPS) is 18.1. The number of anilines is 1. The summed E-state index contributed by atoms with van der Waals surface area (Å²) in [7, 11) is 0. The van der Waals surface area contributed by atoms with Crippen molar-refractivity contribution < 1.29 is 34.1 Å². The molecule has 3 N–H and O–H groups in total. The van der Waals surface area contributed by atoms with E-state index in [-0.39, 0.29) is 36.8 Å². The number of likely N-dealkylation sites (tertiary alicyclic amines) is 2. The highest BCUT2D eigenvalue weighted by atomic mass is 79.9. The van der Waals surface area contributed by atoms with Crippen molar-refractivity contribution in [3.8, 4) is 5.75 Å². The predicted molar refractivity (Wildman–Crippen MR) is 177 cm³/mol. The Bertz CT molecular complexity index is 1590. The van der Waals surface area contributed by atoms with E-state index in [1.807, 2.05) is 34.1 Å². The number of hydrogen-bond donors (Lipinski definition) is 3. The lowest BCUT2D eigenvalue weighted by atomic mass is 10.0. The molecule has 0 unspecified atom stereocenters. The minimum Gasteiger partial charge on any atom is -0.507 e. The smallest absolute Gasteiger partial charge is 0.410 e. The van der Waals surface area contributed by atoms with Crippen LogP contribution in [0, 0.1) is 0 Å². The Labute approximate surface area is 280 Å². The number of hydrogen-bond acceptors (Lipinski definition) is 8. The van der Waals surface area contributed by atoms with Gasteiger partial charge >= 0.3 is 18.1 Å². The Balaban J connectivity index is 1.20. The van der Waals surface area contributed by atoms with Gasteiger partial charge in [-0.05, 0) is 77.4 Å². The number of fused-ring (bicyclic) bond motifs is 1. The Kier molecular flexibility index (Phi) is 11.4. The molecule has 0 spiro atoms. The highest BCUT2D eigenvalue weighted by Gasteiger charge is 2.33. The Morgan fingerprint density at radius 1 is 1.02 bits per heavy atom. The number of halogens is 1.